The van der Waals surface area contributed by atoms with Crippen LogP contribution in [-0.4, -0.2) is 28.1 Å². The van der Waals surface area contributed by atoms with Crippen molar-refractivity contribution in [3.8, 4) is 5.75 Å². The highest BCUT2D eigenvalue weighted by Crippen LogP contribution is 2.21. The third-order valence-electron chi connectivity index (χ3n) is 3.35. The van der Waals surface area contributed by atoms with Crippen LogP contribution in [0.4, 0.5) is 0 Å². The molecule has 0 aliphatic rings. The van der Waals surface area contributed by atoms with E-state index in [0.717, 1.165) is 11.1 Å². The van der Waals surface area contributed by atoms with Gasteiger partial charge in [-0.2, -0.15) is 5.10 Å². The van der Waals surface area contributed by atoms with Gasteiger partial charge in [0.25, 0.3) is 5.56 Å². The zero-order valence-electron chi connectivity index (χ0n) is 16.5. The summed E-state index contributed by atoms with van der Waals surface area (Å²) < 4.78 is 26.6. The molecule has 0 aliphatic heterocycles. The molecule has 0 saturated carbocycles. The Hall–Kier alpha value is -1.89. The minimum Gasteiger partial charge on any atom is -0.485 e. The SMILES string of the molecule is [2H]C([2H])(CO)OCc1ccc(COc2cnn(C(C)(C)C)c(=O)c2Cl)cc1. The lowest BCUT2D eigenvalue weighted by molar-refractivity contribution is 0.0815. The molecule has 0 amide bonds. The minimum atomic E-state index is -2.07. The van der Waals surface area contributed by atoms with Crippen molar-refractivity contribution in [1.29, 1.82) is 0 Å². The molecule has 0 radical (unpaired) electrons. The van der Waals surface area contributed by atoms with Crippen molar-refractivity contribution in [3.63, 3.8) is 0 Å². The van der Waals surface area contributed by atoms with Gasteiger partial charge in [0, 0.05) is 0 Å². The molecule has 0 atom stereocenters. The second-order valence-electron chi connectivity index (χ2n) is 6.41. The van der Waals surface area contributed by atoms with Crippen molar-refractivity contribution in [3.05, 3.63) is 57.0 Å². The maximum Gasteiger partial charge on any atom is 0.289 e. The number of rotatable bonds is 7. The van der Waals surface area contributed by atoms with Crippen LogP contribution in [0.1, 0.15) is 34.6 Å². The van der Waals surface area contributed by atoms with Crippen LogP contribution in [0.5, 0.6) is 5.75 Å². The lowest BCUT2D eigenvalue weighted by atomic mass is 10.1. The van der Waals surface area contributed by atoms with Crippen molar-refractivity contribution in [2.24, 2.45) is 0 Å². The molecular formula is C18H23ClN2O4. The number of hydrogen-bond donors (Lipinski definition) is 1. The average Bonchev–Trinajstić information content (AvgIpc) is 2.61. The molecular weight excluding hydrogens is 344 g/mol. The van der Waals surface area contributed by atoms with Crippen molar-refractivity contribution in [2.45, 2.75) is 39.5 Å². The number of aliphatic hydroxyl groups excluding tert-OH is 1. The van der Waals surface area contributed by atoms with Crippen LogP contribution < -0.4 is 10.3 Å². The summed E-state index contributed by atoms with van der Waals surface area (Å²) in [7, 11) is 0. The van der Waals surface area contributed by atoms with E-state index in [1.165, 1.54) is 10.9 Å². The molecule has 0 fully saturated rings. The van der Waals surface area contributed by atoms with Crippen molar-refractivity contribution in [2.75, 3.05) is 13.2 Å². The predicted octanol–water partition coefficient (Wildman–Crippen LogP) is 2.74. The van der Waals surface area contributed by atoms with Gasteiger partial charge in [0.2, 0.25) is 0 Å². The normalized spacial score (nSPS) is 13.3. The first kappa shape index (κ1) is 16.6. The summed E-state index contributed by atoms with van der Waals surface area (Å²) in [5, 5.41) is 12.9. The smallest absolute Gasteiger partial charge is 0.289 e. The molecule has 7 heteroatoms. The summed E-state index contributed by atoms with van der Waals surface area (Å²) in [4.78, 5) is 12.3. The molecule has 0 unspecified atom stereocenters. The lowest BCUT2D eigenvalue weighted by Crippen LogP contribution is -2.36. The average molecular weight is 369 g/mol. The van der Waals surface area contributed by atoms with Crippen LogP contribution in [-0.2, 0) is 23.5 Å². The zero-order valence-corrected chi connectivity index (χ0v) is 15.2. The molecule has 0 spiro atoms. The minimum absolute atomic E-state index is 0.0174. The maximum atomic E-state index is 12.3. The maximum absolute atomic E-state index is 12.3. The van der Waals surface area contributed by atoms with Crippen molar-refractivity contribution >= 4 is 11.6 Å². The van der Waals surface area contributed by atoms with Crippen LogP contribution in [0.25, 0.3) is 0 Å². The fraction of sp³-hybridized carbons (Fsp3) is 0.444. The molecule has 1 heterocycles. The Morgan fingerprint density at radius 2 is 1.84 bits per heavy atom. The van der Waals surface area contributed by atoms with E-state index in [-0.39, 0.29) is 24.0 Å². The van der Waals surface area contributed by atoms with Gasteiger partial charge in [-0.1, -0.05) is 35.9 Å². The molecule has 6 nitrogen and oxygen atoms in total. The van der Waals surface area contributed by atoms with Gasteiger partial charge in [-0.25, -0.2) is 4.68 Å². The highest BCUT2D eigenvalue weighted by atomic mass is 35.5. The van der Waals surface area contributed by atoms with E-state index in [1.54, 1.807) is 24.3 Å². The van der Waals surface area contributed by atoms with Crippen molar-refractivity contribution in [1.82, 2.24) is 9.78 Å². The number of aliphatic hydroxyl groups is 1. The predicted molar refractivity (Wildman–Crippen MR) is 96.0 cm³/mol. The van der Waals surface area contributed by atoms with Crippen LogP contribution in [0.15, 0.2) is 35.3 Å². The van der Waals surface area contributed by atoms with Gasteiger partial charge in [0.05, 0.1) is 34.3 Å². The molecule has 1 N–H and O–H groups in total. The van der Waals surface area contributed by atoms with Gasteiger partial charge in [-0.3, -0.25) is 4.79 Å². The fourth-order valence-corrected chi connectivity index (χ4v) is 2.25. The first-order valence-corrected chi connectivity index (χ1v) is 8.15. The van der Waals surface area contributed by atoms with Crippen LogP contribution in [0.2, 0.25) is 5.02 Å². The first-order valence-electron chi connectivity index (χ1n) is 8.77. The topological polar surface area (TPSA) is 73.6 Å². The third-order valence-corrected chi connectivity index (χ3v) is 3.69. The summed E-state index contributed by atoms with van der Waals surface area (Å²) in [6, 6.07) is 7.13. The number of hydrogen-bond acceptors (Lipinski definition) is 5. The molecule has 2 rings (SSSR count). The number of benzene rings is 1. The van der Waals surface area contributed by atoms with E-state index in [4.69, 9.17) is 28.9 Å². The monoisotopic (exact) mass is 368 g/mol. The quantitative estimate of drug-likeness (QED) is 0.813. The Morgan fingerprint density at radius 1 is 1.24 bits per heavy atom. The Morgan fingerprint density at radius 3 is 2.40 bits per heavy atom. The number of nitrogens with zero attached hydrogens (tertiary/aromatic N) is 2. The Labute approximate surface area is 154 Å². The van der Waals surface area contributed by atoms with Gasteiger partial charge in [-0.05, 0) is 31.9 Å². The lowest BCUT2D eigenvalue weighted by Gasteiger charge is -2.21. The molecule has 2 aromatic rings. The number of halogens is 1. The summed E-state index contributed by atoms with van der Waals surface area (Å²) in [6.07, 6.45) is 1.42. The Bertz CT molecular complexity index is 833. The highest BCUT2D eigenvalue weighted by molar-refractivity contribution is 6.31. The molecule has 1 aromatic carbocycles. The third kappa shape index (κ3) is 5.29. The van der Waals surface area contributed by atoms with Crippen LogP contribution in [0, 0.1) is 0 Å². The molecule has 1 aromatic heterocycles. The van der Waals surface area contributed by atoms with Gasteiger partial charge in [-0.15, -0.1) is 0 Å². The van der Waals surface area contributed by atoms with Crippen molar-refractivity contribution < 1.29 is 17.3 Å². The van der Waals surface area contributed by atoms with E-state index < -0.39 is 24.3 Å². The Kier molecular flexibility index (Phi) is 5.61. The second-order valence-corrected chi connectivity index (χ2v) is 6.78. The Balaban J connectivity index is 2.01. The molecule has 0 bridgehead atoms. The number of ether oxygens (including phenoxy) is 2. The molecule has 25 heavy (non-hydrogen) atoms. The first-order chi connectivity index (χ1) is 12.5. The van der Waals surface area contributed by atoms with Gasteiger partial charge < -0.3 is 14.6 Å². The van der Waals surface area contributed by atoms with E-state index in [1.807, 2.05) is 20.8 Å². The van der Waals surface area contributed by atoms with Gasteiger partial charge in [0.1, 0.15) is 6.61 Å². The summed E-state index contributed by atoms with van der Waals surface area (Å²) >= 11 is 6.12. The van der Waals surface area contributed by atoms with E-state index in [2.05, 4.69) is 5.10 Å². The molecule has 0 aliphatic carbocycles. The fourth-order valence-electron chi connectivity index (χ4n) is 2.07. The zero-order chi connectivity index (χ0) is 20.2. The summed E-state index contributed by atoms with van der Waals surface area (Å²) in [5.74, 6) is 0.214. The largest absolute Gasteiger partial charge is 0.485 e. The van der Waals surface area contributed by atoms with Gasteiger partial charge in [0.15, 0.2) is 10.8 Å². The van der Waals surface area contributed by atoms with E-state index in [9.17, 15) is 4.79 Å². The second kappa shape index (κ2) is 8.47. The number of aromatic nitrogens is 2. The van der Waals surface area contributed by atoms with Crippen LogP contribution in [0.3, 0.4) is 0 Å². The molecule has 136 valence electrons. The molecule has 0 saturated heterocycles. The summed E-state index contributed by atoms with van der Waals surface area (Å²) in [5.41, 5.74) is 0.693. The van der Waals surface area contributed by atoms with E-state index >= 15 is 0 Å². The van der Waals surface area contributed by atoms with Gasteiger partial charge >= 0.3 is 0 Å². The van der Waals surface area contributed by atoms with E-state index in [0.29, 0.717) is 0 Å². The van der Waals surface area contributed by atoms with Crippen LogP contribution >= 0.6 is 11.6 Å². The summed E-state index contributed by atoms with van der Waals surface area (Å²) in [6.45, 7) is 3.02. The standard InChI is InChI=1S/C18H23ClN2O4/c1-18(2,3)21-17(23)16(19)15(10-20-21)25-12-14-6-4-13(5-7-14)11-24-9-8-22/h4-7,10,22H,8-9,11-12H2,1-3H3/i9D2. The highest BCUT2D eigenvalue weighted by Gasteiger charge is 2.19.